The minimum Gasteiger partial charge on any atom is -0.233 e. The first-order valence-corrected chi connectivity index (χ1v) is 6.75. The van der Waals surface area contributed by atoms with Crippen LogP contribution >= 0.6 is 27.5 Å². The number of rotatable bonds is 2. The molecule has 0 bridgehead atoms. The topological polar surface area (TPSA) is 25.8 Å². The fourth-order valence-electron chi connectivity index (χ4n) is 1.55. The van der Waals surface area contributed by atoms with Crippen molar-refractivity contribution in [3.8, 4) is 11.4 Å². The van der Waals surface area contributed by atoms with E-state index < -0.39 is 11.6 Å². The lowest BCUT2D eigenvalue weighted by atomic mass is 10.1. The molecule has 0 aliphatic heterocycles. The van der Waals surface area contributed by atoms with Crippen molar-refractivity contribution >= 4 is 27.5 Å². The van der Waals surface area contributed by atoms with Gasteiger partial charge in [-0.3, -0.25) is 0 Å². The molecule has 1 heterocycles. The van der Waals surface area contributed by atoms with Gasteiger partial charge < -0.3 is 0 Å². The second-order valence-electron chi connectivity index (χ2n) is 4.32. The van der Waals surface area contributed by atoms with Gasteiger partial charge in [-0.2, -0.15) is 0 Å². The number of hydrogen-bond donors (Lipinski definition) is 0. The van der Waals surface area contributed by atoms with Crippen LogP contribution in [-0.4, -0.2) is 9.97 Å². The molecule has 2 rings (SSSR count). The van der Waals surface area contributed by atoms with E-state index in [1.807, 2.05) is 13.8 Å². The fourth-order valence-corrected chi connectivity index (χ4v) is 2.24. The van der Waals surface area contributed by atoms with E-state index in [-0.39, 0.29) is 21.4 Å². The Labute approximate surface area is 123 Å². The van der Waals surface area contributed by atoms with Crippen LogP contribution in [0.25, 0.3) is 11.4 Å². The Morgan fingerprint density at radius 2 is 1.89 bits per heavy atom. The molecule has 2 nitrogen and oxygen atoms in total. The van der Waals surface area contributed by atoms with Gasteiger partial charge >= 0.3 is 0 Å². The third-order valence-corrected chi connectivity index (χ3v) is 3.55. The molecule has 0 radical (unpaired) electrons. The molecule has 0 aliphatic carbocycles. The molecular formula is C13H10BrClF2N2. The lowest BCUT2D eigenvalue weighted by Crippen LogP contribution is -1.99. The van der Waals surface area contributed by atoms with Crippen LogP contribution in [0.2, 0.25) is 5.15 Å². The summed E-state index contributed by atoms with van der Waals surface area (Å²) in [6.07, 6.45) is 0. The van der Waals surface area contributed by atoms with E-state index in [0.29, 0.717) is 5.56 Å². The highest BCUT2D eigenvalue weighted by molar-refractivity contribution is 9.10. The van der Waals surface area contributed by atoms with Crippen molar-refractivity contribution in [2.24, 2.45) is 0 Å². The number of halogens is 4. The van der Waals surface area contributed by atoms with Crippen LogP contribution in [-0.2, 0) is 0 Å². The fraction of sp³-hybridized carbons (Fsp3) is 0.231. The first kappa shape index (κ1) is 14.3. The Kier molecular flexibility index (Phi) is 4.16. The minimum atomic E-state index is -0.966. The number of hydrogen-bond acceptors (Lipinski definition) is 2. The van der Waals surface area contributed by atoms with E-state index in [4.69, 9.17) is 11.6 Å². The van der Waals surface area contributed by atoms with Crippen LogP contribution in [0.5, 0.6) is 0 Å². The number of nitrogens with zero attached hydrogens (tertiary/aromatic N) is 2. The second kappa shape index (κ2) is 5.51. The molecule has 100 valence electrons. The van der Waals surface area contributed by atoms with Crippen molar-refractivity contribution in [1.29, 1.82) is 0 Å². The normalized spacial score (nSPS) is 11.1. The molecule has 19 heavy (non-hydrogen) atoms. The van der Waals surface area contributed by atoms with Gasteiger partial charge in [-0.25, -0.2) is 18.7 Å². The van der Waals surface area contributed by atoms with Gasteiger partial charge in [-0.15, -0.1) is 0 Å². The third kappa shape index (κ3) is 2.92. The Morgan fingerprint density at radius 3 is 2.53 bits per heavy atom. The second-order valence-corrected chi connectivity index (χ2v) is 5.50. The van der Waals surface area contributed by atoms with Gasteiger partial charge in [0.2, 0.25) is 0 Å². The maximum absolute atomic E-state index is 13.5. The van der Waals surface area contributed by atoms with Gasteiger partial charge in [0.25, 0.3) is 0 Å². The Balaban J connectivity index is 2.62. The van der Waals surface area contributed by atoms with Crippen LogP contribution in [0.3, 0.4) is 0 Å². The largest absolute Gasteiger partial charge is 0.233 e. The molecule has 2 aromatic rings. The highest BCUT2D eigenvalue weighted by Crippen LogP contribution is 2.31. The standard InChI is InChI=1S/C13H10BrClF2N2/c1-6(2)9-5-10(15)19-13(18-9)7-3-4-8(16)12(17)11(7)14/h3-6H,1-2H3. The van der Waals surface area contributed by atoms with Crippen molar-refractivity contribution in [3.63, 3.8) is 0 Å². The highest BCUT2D eigenvalue weighted by Gasteiger charge is 2.16. The van der Waals surface area contributed by atoms with Crippen molar-refractivity contribution in [3.05, 3.63) is 45.2 Å². The van der Waals surface area contributed by atoms with E-state index in [9.17, 15) is 8.78 Å². The zero-order chi connectivity index (χ0) is 14.2. The summed E-state index contributed by atoms with van der Waals surface area (Å²) in [5.74, 6) is -1.47. The summed E-state index contributed by atoms with van der Waals surface area (Å²) >= 11 is 8.95. The maximum Gasteiger partial charge on any atom is 0.173 e. The summed E-state index contributed by atoms with van der Waals surface area (Å²) in [5.41, 5.74) is 1.11. The predicted octanol–water partition coefficient (Wildman–Crippen LogP) is 4.96. The Morgan fingerprint density at radius 1 is 1.21 bits per heavy atom. The summed E-state index contributed by atoms with van der Waals surface area (Å²) in [6, 6.07) is 4.11. The van der Waals surface area contributed by atoms with Crippen molar-refractivity contribution < 1.29 is 8.78 Å². The average Bonchev–Trinajstić information content (AvgIpc) is 2.35. The van der Waals surface area contributed by atoms with Crippen LogP contribution < -0.4 is 0 Å². The van der Waals surface area contributed by atoms with E-state index >= 15 is 0 Å². The molecule has 0 saturated heterocycles. The lowest BCUT2D eigenvalue weighted by molar-refractivity contribution is 0.504. The van der Waals surface area contributed by atoms with Crippen molar-refractivity contribution in [2.45, 2.75) is 19.8 Å². The number of aromatic nitrogens is 2. The molecule has 0 atom stereocenters. The molecule has 0 saturated carbocycles. The van der Waals surface area contributed by atoms with E-state index in [0.717, 1.165) is 11.8 Å². The van der Waals surface area contributed by atoms with Crippen molar-refractivity contribution in [1.82, 2.24) is 9.97 Å². The average molecular weight is 348 g/mol. The zero-order valence-corrected chi connectivity index (χ0v) is 12.6. The van der Waals surface area contributed by atoms with Gasteiger partial charge in [-0.1, -0.05) is 25.4 Å². The summed E-state index contributed by atoms with van der Waals surface area (Å²) < 4.78 is 26.6. The van der Waals surface area contributed by atoms with Gasteiger partial charge in [-0.05, 0) is 40.0 Å². The first-order chi connectivity index (χ1) is 8.90. The molecule has 1 aromatic heterocycles. The molecule has 0 unspecified atom stereocenters. The van der Waals surface area contributed by atoms with Gasteiger partial charge in [0.05, 0.1) is 4.47 Å². The molecule has 1 aromatic carbocycles. The molecule has 0 amide bonds. The summed E-state index contributed by atoms with van der Waals surface area (Å²) in [7, 11) is 0. The first-order valence-electron chi connectivity index (χ1n) is 5.58. The third-order valence-electron chi connectivity index (χ3n) is 2.58. The quantitative estimate of drug-likeness (QED) is 0.567. The van der Waals surface area contributed by atoms with E-state index in [1.165, 1.54) is 6.07 Å². The van der Waals surface area contributed by atoms with Gasteiger partial charge in [0.15, 0.2) is 17.5 Å². The number of benzene rings is 1. The molecular weight excluding hydrogens is 338 g/mol. The van der Waals surface area contributed by atoms with Gasteiger partial charge in [0, 0.05) is 11.3 Å². The molecule has 6 heteroatoms. The van der Waals surface area contributed by atoms with Crippen LogP contribution in [0, 0.1) is 11.6 Å². The summed E-state index contributed by atoms with van der Waals surface area (Å²) in [6.45, 7) is 3.92. The SMILES string of the molecule is CC(C)c1cc(Cl)nc(-c2ccc(F)c(F)c2Br)n1. The monoisotopic (exact) mass is 346 g/mol. The predicted molar refractivity (Wildman–Crippen MR) is 74.2 cm³/mol. The summed E-state index contributed by atoms with van der Waals surface area (Å²) in [4.78, 5) is 8.37. The Hall–Kier alpha value is -1.07. The smallest absolute Gasteiger partial charge is 0.173 e. The highest BCUT2D eigenvalue weighted by atomic mass is 79.9. The molecule has 0 fully saturated rings. The maximum atomic E-state index is 13.5. The van der Waals surface area contributed by atoms with Crippen LogP contribution in [0.1, 0.15) is 25.5 Å². The Bertz CT molecular complexity index is 632. The lowest BCUT2D eigenvalue weighted by Gasteiger charge is -2.09. The van der Waals surface area contributed by atoms with Crippen molar-refractivity contribution in [2.75, 3.05) is 0 Å². The zero-order valence-electron chi connectivity index (χ0n) is 10.2. The van der Waals surface area contributed by atoms with Crippen LogP contribution in [0.4, 0.5) is 8.78 Å². The molecule has 0 spiro atoms. The van der Waals surface area contributed by atoms with Gasteiger partial charge in [0.1, 0.15) is 5.15 Å². The minimum absolute atomic E-state index is 0.00975. The van der Waals surface area contributed by atoms with E-state index in [1.54, 1.807) is 6.07 Å². The molecule has 0 N–H and O–H groups in total. The van der Waals surface area contributed by atoms with Crippen LogP contribution in [0.15, 0.2) is 22.7 Å². The molecule has 0 aliphatic rings. The summed E-state index contributed by atoms with van der Waals surface area (Å²) in [5, 5.41) is 0.269. The van der Waals surface area contributed by atoms with E-state index in [2.05, 4.69) is 25.9 Å².